The molecule has 1 fully saturated rings. The molecule has 0 heterocycles. The van der Waals surface area contributed by atoms with Crippen molar-refractivity contribution in [3.05, 3.63) is 17.9 Å². The lowest BCUT2D eigenvalue weighted by Crippen LogP contribution is -2.31. The predicted octanol–water partition coefficient (Wildman–Crippen LogP) is 1.50. The number of ether oxygens (including phenoxy) is 1. The van der Waals surface area contributed by atoms with Crippen molar-refractivity contribution >= 4 is 17.3 Å². The molecule has 1 aromatic carbocycles. The van der Waals surface area contributed by atoms with Crippen LogP contribution in [0.15, 0.2) is 12.1 Å². The maximum absolute atomic E-state index is 13.5. The molecule has 1 aliphatic rings. The first-order chi connectivity index (χ1) is 9.10. The first-order valence-corrected chi connectivity index (χ1v) is 6.35. The highest BCUT2D eigenvalue weighted by atomic mass is 19.1. The summed E-state index contributed by atoms with van der Waals surface area (Å²) in [4.78, 5) is 11.5. The molecule has 0 saturated heterocycles. The number of hydrogen-bond acceptors (Lipinski definition) is 4. The largest absolute Gasteiger partial charge is 0.491 e. The number of nitrogens with two attached hydrogens (primary N) is 1. The third-order valence-electron chi connectivity index (χ3n) is 2.79. The number of benzene rings is 1. The van der Waals surface area contributed by atoms with Gasteiger partial charge in [0.25, 0.3) is 0 Å². The van der Waals surface area contributed by atoms with Gasteiger partial charge in [-0.15, -0.1) is 0 Å². The lowest BCUT2D eigenvalue weighted by molar-refractivity contribution is -0.119. The smallest absolute Gasteiger partial charge is 0.239 e. The van der Waals surface area contributed by atoms with Crippen LogP contribution < -0.4 is 21.1 Å². The van der Waals surface area contributed by atoms with Gasteiger partial charge >= 0.3 is 0 Å². The van der Waals surface area contributed by atoms with E-state index >= 15 is 0 Å². The molecule has 4 N–H and O–H groups in total. The molecule has 5 nitrogen and oxygen atoms in total. The van der Waals surface area contributed by atoms with Crippen LogP contribution in [0.25, 0.3) is 0 Å². The van der Waals surface area contributed by atoms with Gasteiger partial charge in [-0.3, -0.25) is 4.79 Å². The average molecular weight is 267 g/mol. The summed E-state index contributed by atoms with van der Waals surface area (Å²) in [7, 11) is 0. The quantitative estimate of drug-likeness (QED) is 0.683. The van der Waals surface area contributed by atoms with Crippen molar-refractivity contribution in [3.8, 4) is 5.75 Å². The van der Waals surface area contributed by atoms with Crippen molar-refractivity contribution < 1.29 is 13.9 Å². The van der Waals surface area contributed by atoms with Crippen molar-refractivity contribution in [1.29, 1.82) is 0 Å². The second kappa shape index (κ2) is 5.77. The zero-order valence-corrected chi connectivity index (χ0v) is 10.8. The first-order valence-electron chi connectivity index (χ1n) is 6.35. The van der Waals surface area contributed by atoms with Crippen LogP contribution in [0.2, 0.25) is 0 Å². The minimum absolute atomic E-state index is 0.0933. The van der Waals surface area contributed by atoms with Crippen molar-refractivity contribution in [2.24, 2.45) is 0 Å². The molecular weight excluding hydrogens is 249 g/mol. The molecule has 0 radical (unpaired) electrons. The SMILES string of the molecule is CCOc1cc(NCC(=O)NC2CC2)c(N)cc1F. The number of halogens is 1. The highest BCUT2D eigenvalue weighted by Crippen LogP contribution is 2.28. The van der Waals surface area contributed by atoms with Crippen LogP contribution in [-0.2, 0) is 4.79 Å². The van der Waals surface area contributed by atoms with Crippen LogP contribution in [0.3, 0.4) is 0 Å². The van der Waals surface area contributed by atoms with E-state index in [0.29, 0.717) is 18.3 Å². The molecule has 1 aromatic rings. The Morgan fingerprint density at radius 2 is 2.26 bits per heavy atom. The van der Waals surface area contributed by atoms with E-state index in [0.717, 1.165) is 12.8 Å². The molecule has 0 unspecified atom stereocenters. The Morgan fingerprint density at radius 3 is 2.89 bits per heavy atom. The Labute approximate surface area is 111 Å². The Bertz CT molecular complexity index is 475. The average Bonchev–Trinajstić information content (AvgIpc) is 3.15. The molecule has 104 valence electrons. The van der Waals surface area contributed by atoms with Gasteiger partial charge in [-0.1, -0.05) is 0 Å². The molecule has 6 heteroatoms. The van der Waals surface area contributed by atoms with Crippen LogP contribution >= 0.6 is 0 Å². The van der Waals surface area contributed by atoms with E-state index in [9.17, 15) is 9.18 Å². The van der Waals surface area contributed by atoms with Crippen LogP contribution in [0.4, 0.5) is 15.8 Å². The summed E-state index contributed by atoms with van der Waals surface area (Å²) < 4.78 is 18.6. The van der Waals surface area contributed by atoms with Crippen molar-refractivity contribution in [2.45, 2.75) is 25.8 Å². The molecule has 0 spiro atoms. The lowest BCUT2D eigenvalue weighted by Gasteiger charge is -2.12. The molecule has 19 heavy (non-hydrogen) atoms. The molecule has 0 atom stereocenters. The number of amides is 1. The fraction of sp³-hybridized carbons (Fsp3) is 0.462. The molecular formula is C13H18FN3O2. The van der Waals surface area contributed by atoms with Crippen LogP contribution in [0.1, 0.15) is 19.8 Å². The molecule has 1 amide bonds. The van der Waals surface area contributed by atoms with Gasteiger partial charge in [0.05, 0.1) is 24.5 Å². The second-order valence-electron chi connectivity index (χ2n) is 4.50. The lowest BCUT2D eigenvalue weighted by atomic mass is 10.2. The van der Waals surface area contributed by atoms with E-state index in [-0.39, 0.29) is 23.9 Å². The van der Waals surface area contributed by atoms with Gasteiger partial charge in [0.1, 0.15) is 0 Å². The molecule has 0 bridgehead atoms. The Morgan fingerprint density at radius 1 is 1.53 bits per heavy atom. The van der Waals surface area contributed by atoms with Crippen molar-refractivity contribution in [2.75, 3.05) is 24.2 Å². The monoisotopic (exact) mass is 267 g/mol. The number of rotatable bonds is 6. The van der Waals surface area contributed by atoms with Gasteiger partial charge in [-0.05, 0) is 19.8 Å². The molecule has 0 aliphatic heterocycles. The van der Waals surface area contributed by atoms with Crippen LogP contribution in [0, 0.1) is 5.82 Å². The topological polar surface area (TPSA) is 76.4 Å². The maximum atomic E-state index is 13.5. The maximum Gasteiger partial charge on any atom is 0.239 e. The molecule has 1 aliphatic carbocycles. The molecule has 2 rings (SSSR count). The van der Waals surface area contributed by atoms with Crippen LogP contribution in [0.5, 0.6) is 5.75 Å². The normalized spacial score (nSPS) is 14.0. The number of carbonyl (C=O) groups excluding carboxylic acids is 1. The summed E-state index contributed by atoms with van der Waals surface area (Å²) in [5.41, 5.74) is 6.44. The van der Waals surface area contributed by atoms with Gasteiger partial charge in [0.2, 0.25) is 5.91 Å². The van der Waals surface area contributed by atoms with Crippen molar-refractivity contribution in [3.63, 3.8) is 0 Å². The minimum atomic E-state index is -0.507. The Hall–Kier alpha value is -1.98. The van der Waals surface area contributed by atoms with E-state index in [1.807, 2.05) is 0 Å². The standard InChI is InChI=1S/C13H18FN3O2/c1-2-19-12-6-11(10(15)5-9(12)14)16-7-13(18)17-8-3-4-8/h5-6,8,16H,2-4,7,15H2,1H3,(H,17,18). The van der Waals surface area contributed by atoms with Gasteiger partial charge in [0.15, 0.2) is 11.6 Å². The number of anilines is 2. The van der Waals surface area contributed by atoms with Gasteiger partial charge in [-0.2, -0.15) is 0 Å². The number of carbonyl (C=O) groups is 1. The van der Waals surface area contributed by atoms with Gasteiger partial charge in [0, 0.05) is 18.2 Å². The third-order valence-corrected chi connectivity index (χ3v) is 2.79. The zero-order valence-electron chi connectivity index (χ0n) is 10.8. The fourth-order valence-corrected chi connectivity index (χ4v) is 1.67. The predicted molar refractivity (Wildman–Crippen MR) is 71.6 cm³/mol. The minimum Gasteiger partial charge on any atom is -0.491 e. The molecule has 0 aromatic heterocycles. The summed E-state index contributed by atoms with van der Waals surface area (Å²) in [6.45, 7) is 2.24. The van der Waals surface area contributed by atoms with Crippen molar-refractivity contribution in [1.82, 2.24) is 5.32 Å². The second-order valence-corrected chi connectivity index (χ2v) is 4.50. The van der Waals surface area contributed by atoms with E-state index in [1.165, 1.54) is 12.1 Å². The van der Waals surface area contributed by atoms with E-state index in [2.05, 4.69) is 10.6 Å². The number of nitrogen functional groups attached to an aromatic ring is 1. The summed E-state index contributed by atoms with van der Waals surface area (Å²) >= 11 is 0. The summed E-state index contributed by atoms with van der Waals surface area (Å²) in [6, 6.07) is 2.98. The van der Waals surface area contributed by atoms with Crippen LogP contribution in [-0.4, -0.2) is 25.1 Å². The van der Waals surface area contributed by atoms with E-state index < -0.39 is 5.82 Å². The highest BCUT2D eigenvalue weighted by Gasteiger charge is 2.23. The van der Waals surface area contributed by atoms with E-state index in [1.54, 1.807) is 6.92 Å². The third kappa shape index (κ3) is 3.74. The highest BCUT2D eigenvalue weighted by molar-refractivity contribution is 5.83. The van der Waals surface area contributed by atoms with Gasteiger partial charge < -0.3 is 21.1 Å². The first kappa shape index (κ1) is 13.5. The van der Waals surface area contributed by atoms with E-state index in [4.69, 9.17) is 10.5 Å². The Kier molecular flexibility index (Phi) is 4.09. The van der Waals surface area contributed by atoms with Gasteiger partial charge in [-0.25, -0.2) is 4.39 Å². The zero-order chi connectivity index (χ0) is 13.8. The summed E-state index contributed by atoms with van der Waals surface area (Å²) in [5.74, 6) is -0.474. The molecule has 1 saturated carbocycles. The summed E-state index contributed by atoms with van der Waals surface area (Å²) in [6.07, 6.45) is 2.08. The fourth-order valence-electron chi connectivity index (χ4n) is 1.67. The summed E-state index contributed by atoms with van der Waals surface area (Å²) in [5, 5.41) is 5.74. The number of nitrogens with one attached hydrogen (secondary N) is 2. The number of hydrogen-bond donors (Lipinski definition) is 3. The Balaban J connectivity index is 1.97.